The van der Waals surface area contributed by atoms with Crippen molar-refractivity contribution < 1.29 is 4.42 Å². The summed E-state index contributed by atoms with van der Waals surface area (Å²) < 4.78 is 6.29. The van der Waals surface area contributed by atoms with Gasteiger partial charge in [-0.15, -0.1) is 0 Å². The van der Waals surface area contributed by atoms with Gasteiger partial charge in [-0.05, 0) is 76.3 Å². The molecule has 1 aliphatic heterocycles. The molecule has 6 aromatic carbocycles. The van der Waals surface area contributed by atoms with Crippen LogP contribution in [0, 0.1) is 0 Å². The number of benzene rings is 6. The van der Waals surface area contributed by atoms with E-state index in [1.54, 1.807) is 12.4 Å². The number of rotatable bonds is 3. The molecule has 5 heteroatoms. The summed E-state index contributed by atoms with van der Waals surface area (Å²) in [6.07, 6.45) is 3.55. The van der Waals surface area contributed by atoms with Crippen molar-refractivity contribution >= 4 is 60.7 Å². The Morgan fingerprint density at radius 2 is 1.30 bits per heavy atom. The van der Waals surface area contributed by atoms with Crippen molar-refractivity contribution in [1.29, 1.82) is 0 Å². The quantitative estimate of drug-likeness (QED) is 0.205. The molecule has 0 unspecified atom stereocenters. The van der Waals surface area contributed by atoms with Crippen molar-refractivity contribution in [3.05, 3.63) is 146 Å². The summed E-state index contributed by atoms with van der Waals surface area (Å²) in [5.41, 5.74) is 10.9. The molecule has 0 aliphatic carbocycles. The maximum atomic E-state index is 6.29. The highest BCUT2D eigenvalue weighted by atomic mass is 16.3. The Bertz CT molecular complexity index is 2650. The molecule has 214 valence electrons. The van der Waals surface area contributed by atoms with Crippen molar-refractivity contribution in [2.75, 3.05) is 4.90 Å². The van der Waals surface area contributed by atoms with Crippen molar-refractivity contribution in [2.45, 2.75) is 0 Å². The molecule has 0 saturated carbocycles. The lowest BCUT2D eigenvalue weighted by atomic mass is 9.91. The molecular weight excluding hydrogens is 564 g/mol. The summed E-state index contributed by atoms with van der Waals surface area (Å²) in [4.78, 5) is 16.7. The Morgan fingerprint density at radius 1 is 0.543 bits per heavy atom. The summed E-state index contributed by atoms with van der Waals surface area (Å²) in [6.45, 7) is 0. The molecule has 46 heavy (non-hydrogen) atoms. The first-order valence-electron chi connectivity index (χ1n) is 15.4. The first kappa shape index (κ1) is 25.0. The average Bonchev–Trinajstić information content (AvgIpc) is 3.50. The van der Waals surface area contributed by atoms with Crippen molar-refractivity contribution in [3.8, 4) is 33.8 Å². The van der Waals surface area contributed by atoms with E-state index < -0.39 is 0 Å². The maximum Gasteiger partial charge on any atom is 0.180 e. The van der Waals surface area contributed by atoms with Gasteiger partial charge in [0, 0.05) is 45.5 Å². The van der Waals surface area contributed by atoms with E-state index in [9.17, 15) is 0 Å². The zero-order chi connectivity index (χ0) is 30.2. The van der Waals surface area contributed by atoms with Crippen LogP contribution in [-0.4, -0.2) is 15.0 Å². The van der Waals surface area contributed by atoms with Gasteiger partial charge in [-0.2, -0.15) is 0 Å². The third-order valence-electron chi connectivity index (χ3n) is 9.07. The maximum absolute atomic E-state index is 6.29. The van der Waals surface area contributed by atoms with Gasteiger partial charge >= 0.3 is 0 Å². The van der Waals surface area contributed by atoms with Crippen LogP contribution in [0.25, 0.3) is 77.4 Å². The van der Waals surface area contributed by atoms with Gasteiger partial charge in [0.2, 0.25) is 0 Å². The zero-order valence-electron chi connectivity index (χ0n) is 24.6. The number of hydrogen-bond donors (Lipinski definition) is 0. The van der Waals surface area contributed by atoms with Gasteiger partial charge in [0.25, 0.3) is 0 Å². The van der Waals surface area contributed by atoms with Crippen LogP contribution in [-0.2, 0) is 0 Å². The lowest BCUT2D eigenvalue weighted by molar-refractivity contribution is 0.667. The molecule has 0 amide bonds. The largest absolute Gasteiger partial charge is 0.452 e. The predicted molar refractivity (Wildman–Crippen MR) is 187 cm³/mol. The summed E-state index contributed by atoms with van der Waals surface area (Å²) in [5, 5.41) is 5.77. The van der Waals surface area contributed by atoms with Crippen LogP contribution in [0.5, 0.6) is 0 Å². The monoisotopic (exact) mass is 588 g/mol. The molecule has 0 atom stereocenters. The number of furan rings is 1. The van der Waals surface area contributed by atoms with E-state index in [4.69, 9.17) is 14.4 Å². The molecule has 10 rings (SSSR count). The zero-order valence-corrected chi connectivity index (χ0v) is 24.6. The third-order valence-corrected chi connectivity index (χ3v) is 9.07. The molecular formula is C41H24N4O. The highest BCUT2D eigenvalue weighted by molar-refractivity contribution is 6.14. The summed E-state index contributed by atoms with van der Waals surface area (Å²) >= 11 is 0. The van der Waals surface area contributed by atoms with Crippen LogP contribution < -0.4 is 4.90 Å². The molecule has 4 heterocycles. The number of pyridine rings is 1. The third kappa shape index (κ3) is 3.66. The van der Waals surface area contributed by atoms with Gasteiger partial charge in [-0.1, -0.05) is 78.9 Å². The van der Waals surface area contributed by atoms with Crippen LogP contribution in [0.15, 0.2) is 150 Å². The van der Waals surface area contributed by atoms with Crippen LogP contribution in [0.3, 0.4) is 0 Å². The van der Waals surface area contributed by atoms with E-state index in [2.05, 4.69) is 107 Å². The number of aromatic nitrogens is 3. The molecule has 1 aliphatic rings. The van der Waals surface area contributed by atoms with Gasteiger partial charge in [0.05, 0.1) is 11.4 Å². The average molecular weight is 589 g/mol. The Balaban J connectivity index is 1.13. The minimum absolute atomic E-state index is 0.657. The molecule has 0 radical (unpaired) electrons. The number of para-hydroxylation sites is 2. The fourth-order valence-electron chi connectivity index (χ4n) is 6.97. The Labute approximate surface area is 264 Å². The topological polar surface area (TPSA) is 55.1 Å². The first-order chi connectivity index (χ1) is 22.8. The van der Waals surface area contributed by atoms with Crippen LogP contribution in [0.4, 0.5) is 17.1 Å². The number of hydrogen-bond acceptors (Lipinski definition) is 5. The second kappa shape index (κ2) is 9.58. The van der Waals surface area contributed by atoms with Crippen molar-refractivity contribution in [2.24, 2.45) is 0 Å². The van der Waals surface area contributed by atoms with Crippen molar-refractivity contribution in [1.82, 2.24) is 15.0 Å². The summed E-state index contributed by atoms with van der Waals surface area (Å²) in [7, 11) is 0. The van der Waals surface area contributed by atoms with Gasteiger partial charge in [0.1, 0.15) is 16.8 Å². The molecule has 9 aromatic rings. The number of fused-ring (bicyclic) bond motifs is 6. The summed E-state index contributed by atoms with van der Waals surface area (Å²) in [5.74, 6) is 0.657. The van der Waals surface area contributed by atoms with E-state index in [1.807, 2.05) is 36.4 Å². The Morgan fingerprint density at radius 3 is 2.24 bits per heavy atom. The minimum Gasteiger partial charge on any atom is -0.452 e. The molecule has 5 nitrogen and oxygen atoms in total. The Kier molecular flexibility index (Phi) is 5.22. The van der Waals surface area contributed by atoms with Crippen LogP contribution in [0.1, 0.15) is 0 Å². The van der Waals surface area contributed by atoms with E-state index in [-0.39, 0.29) is 0 Å². The molecule has 0 bridgehead atoms. The highest BCUT2D eigenvalue weighted by Gasteiger charge is 2.25. The van der Waals surface area contributed by atoms with Crippen LogP contribution >= 0.6 is 0 Å². The lowest BCUT2D eigenvalue weighted by Gasteiger charge is -2.33. The number of anilines is 3. The van der Waals surface area contributed by atoms with E-state index in [1.165, 1.54) is 33.3 Å². The van der Waals surface area contributed by atoms with E-state index in [0.29, 0.717) is 11.4 Å². The molecule has 3 aromatic heterocycles. The summed E-state index contributed by atoms with van der Waals surface area (Å²) in [6, 6.07) is 46.9. The normalized spacial score (nSPS) is 12.3. The molecule has 0 saturated heterocycles. The van der Waals surface area contributed by atoms with Gasteiger partial charge in [0.15, 0.2) is 11.4 Å². The van der Waals surface area contributed by atoms with E-state index in [0.717, 1.165) is 49.8 Å². The standard InChI is InChI=1S/C41H24N4O/c1-3-12-34-31(9-1)32-11-5-7-25-8-6-13-35(37(25)32)45(34)30-18-17-27-23-29(16-15-28(27)24-30)41-43-38(26-19-21-42-22-20-26)40-39(44-41)33-10-2-4-14-36(33)46-40/h1-24H. The number of nitrogens with zero attached hydrogens (tertiary/aromatic N) is 4. The Hall–Kier alpha value is -6.33. The molecule has 0 spiro atoms. The molecule has 0 fully saturated rings. The SMILES string of the molecule is c1ccc2c(c1)-c1cccc3cccc(c13)N2c1ccc2cc(-c3nc(-c4ccncc4)c4oc5ccccc5c4n3)ccc2c1. The van der Waals surface area contributed by atoms with Crippen LogP contribution in [0.2, 0.25) is 0 Å². The van der Waals surface area contributed by atoms with Gasteiger partial charge in [-0.25, -0.2) is 9.97 Å². The van der Waals surface area contributed by atoms with Gasteiger partial charge < -0.3 is 9.32 Å². The highest BCUT2D eigenvalue weighted by Crippen LogP contribution is 2.51. The molecule has 0 N–H and O–H groups in total. The second-order valence-electron chi connectivity index (χ2n) is 11.7. The smallest absolute Gasteiger partial charge is 0.180 e. The fraction of sp³-hybridized carbons (Fsp3) is 0. The fourth-order valence-corrected chi connectivity index (χ4v) is 6.97. The predicted octanol–water partition coefficient (Wildman–Crippen LogP) is 10.9. The minimum atomic E-state index is 0.657. The second-order valence-corrected chi connectivity index (χ2v) is 11.7. The van der Waals surface area contributed by atoms with E-state index >= 15 is 0 Å². The first-order valence-corrected chi connectivity index (χ1v) is 15.4. The van der Waals surface area contributed by atoms with Gasteiger partial charge in [-0.3, -0.25) is 4.98 Å². The van der Waals surface area contributed by atoms with Crippen molar-refractivity contribution in [3.63, 3.8) is 0 Å². The lowest BCUT2D eigenvalue weighted by Crippen LogP contribution is -2.14.